The summed E-state index contributed by atoms with van der Waals surface area (Å²) in [5.41, 5.74) is 1.55. The molecule has 1 aromatic carbocycles. The van der Waals surface area contributed by atoms with Crippen molar-refractivity contribution in [2.45, 2.75) is 13.8 Å². The van der Waals surface area contributed by atoms with Crippen molar-refractivity contribution >= 4 is 38.1 Å². The zero-order valence-corrected chi connectivity index (χ0v) is 13.2. The van der Waals surface area contributed by atoms with E-state index in [1.807, 2.05) is 12.3 Å². The Kier molecular flexibility index (Phi) is 4.59. The molecule has 21 heavy (non-hydrogen) atoms. The molecule has 0 saturated carbocycles. The van der Waals surface area contributed by atoms with Gasteiger partial charge in [0.25, 0.3) is 5.91 Å². The van der Waals surface area contributed by atoms with Crippen LogP contribution in [0.1, 0.15) is 23.0 Å². The van der Waals surface area contributed by atoms with Gasteiger partial charge in [-0.1, -0.05) is 6.07 Å². The maximum atomic E-state index is 12.1. The molecular weight excluding hydrogens is 310 g/mol. The molecule has 2 N–H and O–H groups in total. The highest BCUT2D eigenvalue weighted by atomic mass is 32.2. The van der Waals surface area contributed by atoms with Crippen molar-refractivity contribution in [2.24, 2.45) is 0 Å². The van der Waals surface area contributed by atoms with Gasteiger partial charge in [0.15, 0.2) is 5.13 Å². The SMILES string of the molecule is CCS(=O)(=O)Nc1cccc(C(=O)Nc2nc(C)cs2)c1. The van der Waals surface area contributed by atoms with Crippen molar-refractivity contribution in [1.29, 1.82) is 0 Å². The smallest absolute Gasteiger partial charge is 0.257 e. The second-order valence-electron chi connectivity index (χ2n) is 4.33. The molecule has 6 nitrogen and oxygen atoms in total. The molecule has 8 heteroatoms. The normalized spacial score (nSPS) is 11.1. The van der Waals surface area contributed by atoms with Gasteiger partial charge < -0.3 is 0 Å². The molecule has 1 heterocycles. The van der Waals surface area contributed by atoms with Crippen LogP contribution in [-0.2, 0) is 10.0 Å². The van der Waals surface area contributed by atoms with Gasteiger partial charge in [0.05, 0.1) is 11.4 Å². The Bertz CT molecular complexity index is 754. The number of carbonyl (C=O) groups excluding carboxylic acids is 1. The van der Waals surface area contributed by atoms with Gasteiger partial charge in [-0.3, -0.25) is 14.8 Å². The average Bonchev–Trinajstić information content (AvgIpc) is 2.84. The number of thiazole rings is 1. The van der Waals surface area contributed by atoms with Crippen molar-refractivity contribution in [2.75, 3.05) is 15.8 Å². The molecule has 0 atom stereocenters. The van der Waals surface area contributed by atoms with Crippen LogP contribution < -0.4 is 10.0 Å². The van der Waals surface area contributed by atoms with E-state index in [2.05, 4.69) is 15.0 Å². The minimum Gasteiger partial charge on any atom is -0.298 e. The predicted octanol–water partition coefficient (Wildman–Crippen LogP) is 2.47. The number of hydrogen-bond acceptors (Lipinski definition) is 5. The average molecular weight is 325 g/mol. The lowest BCUT2D eigenvalue weighted by Gasteiger charge is -2.07. The molecule has 0 aliphatic rings. The van der Waals surface area contributed by atoms with Gasteiger partial charge in [0.2, 0.25) is 10.0 Å². The number of aryl methyl sites for hydroxylation is 1. The molecule has 2 rings (SSSR count). The Hall–Kier alpha value is -1.93. The molecule has 0 saturated heterocycles. The largest absolute Gasteiger partial charge is 0.298 e. The zero-order chi connectivity index (χ0) is 15.5. The van der Waals surface area contributed by atoms with Crippen molar-refractivity contribution in [1.82, 2.24) is 4.98 Å². The molecule has 0 bridgehead atoms. The van der Waals surface area contributed by atoms with Gasteiger partial charge in [-0.05, 0) is 32.0 Å². The van der Waals surface area contributed by atoms with Crippen LogP contribution in [-0.4, -0.2) is 25.1 Å². The molecule has 112 valence electrons. The fourth-order valence-corrected chi connectivity index (χ4v) is 2.87. The number of hydrogen-bond donors (Lipinski definition) is 2. The summed E-state index contributed by atoms with van der Waals surface area (Å²) in [6, 6.07) is 6.32. The Balaban J connectivity index is 2.15. The van der Waals surface area contributed by atoms with Gasteiger partial charge in [0, 0.05) is 16.6 Å². The van der Waals surface area contributed by atoms with Crippen molar-refractivity contribution < 1.29 is 13.2 Å². The lowest BCUT2D eigenvalue weighted by atomic mass is 10.2. The van der Waals surface area contributed by atoms with Gasteiger partial charge in [0.1, 0.15) is 0 Å². The lowest BCUT2D eigenvalue weighted by molar-refractivity contribution is 0.102. The molecule has 1 aromatic heterocycles. The summed E-state index contributed by atoms with van der Waals surface area (Å²) < 4.78 is 25.5. The number of aromatic nitrogens is 1. The number of amides is 1. The quantitative estimate of drug-likeness (QED) is 0.884. The fourth-order valence-electron chi connectivity index (χ4n) is 1.56. The predicted molar refractivity (Wildman–Crippen MR) is 84.3 cm³/mol. The first-order valence-corrected chi connectivity index (χ1v) is 8.77. The van der Waals surface area contributed by atoms with E-state index in [-0.39, 0.29) is 11.7 Å². The topological polar surface area (TPSA) is 88.2 Å². The van der Waals surface area contributed by atoms with E-state index in [0.717, 1.165) is 5.69 Å². The number of anilines is 2. The standard InChI is InChI=1S/C13H15N3O3S2/c1-3-21(18,19)16-11-6-4-5-10(7-11)12(17)15-13-14-9(2)8-20-13/h4-8,16H,3H2,1-2H3,(H,14,15,17). The number of benzene rings is 1. The van der Waals surface area contributed by atoms with Crippen LogP contribution in [0.2, 0.25) is 0 Å². The van der Waals surface area contributed by atoms with E-state index >= 15 is 0 Å². The monoisotopic (exact) mass is 325 g/mol. The highest BCUT2D eigenvalue weighted by Crippen LogP contribution is 2.17. The second-order valence-corrected chi connectivity index (χ2v) is 7.20. The summed E-state index contributed by atoms with van der Waals surface area (Å²) in [6.45, 7) is 3.38. The summed E-state index contributed by atoms with van der Waals surface area (Å²) >= 11 is 1.34. The molecular formula is C13H15N3O3S2. The van der Waals surface area contributed by atoms with E-state index in [4.69, 9.17) is 0 Å². The molecule has 0 spiro atoms. The third-order valence-corrected chi connectivity index (χ3v) is 4.80. The first-order chi connectivity index (χ1) is 9.89. The van der Waals surface area contributed by atoms with Crippen LogP contribution in [0.15, 0.2) is 29.6 Å². The van der Waals surface area contributed by atoms with Crippen molar-refractivity contribution in [3.05, 3.63) is 40.9 Å². The number of nitrogens with zero attached hydrogens (tertiary/aromatic N) is 1. The Labute approximate surface area is 127 Å². The summed E-state index contributed by atoms with van der Waals surface area (Å²) in [7, 11) is -3.36. The van der Waals surface area contributed by atoms with Crippen LogP contribution in [0.3, 0.4) is 0 Å². The highest BCUT2D eigenvalue weighted by Gasteiger charge is 2.11. The van der Waals surface area contributed by atoms with Crippen LogP contribution in [0.5, 0.6) is 0 Å². The third kappa shape index (κ3) is 4.27. The maximum Gasteiger partial charge on any atom is 0.257 e. The number of nitrogens with one attached hydrogen (secondary N) is 2. The Morgan fingerprint density at radius 1 is 1.38 bits per heavy atom. The van der Waals surface area contributed by atoms with Crippen molar-refractivity contribution in [3.63, 3.8) is 0 Å². The highest BCUT2D eigenvalue weighted by molar-refractivity contribution is 7.92. The zero-order valence-electron chi connectivity index (χ0n) is 11.6. The van der Waals surface area contributed by atoms with E-state index < -0.39 is 10.0 Å². The maximum absolute atomic E-state index is 12.1. The second kappa shape index (κ2) is 6.23. The number of carbonyl (C=O) groups is 1. The molecule has 0 fully saturated rings. The molecule has 0 aliphatic heterocycles. The van der Waals surface area contributed by atoms with Crippen LogP contribution in [0.4, 0.5) is 10.8 Å². The third-order valence-electron chi connectivity index (χ3n) is 2.62. The van der Waals surface area contributed by atoms with Crippen molar-refractivity contribution in [3.8, 4) is 0 Å². The molecule has 2 aromatic rings. The Morgan fingerprint density at radius 2 is 2.14 bits per heavy atom. The first-order valence-electron chi connectivity index (χ1n) is 6.23. The molecule has 1 amide bonds. The number of sulfonamides is 1. The molecule has 0 unspecified atom stereocenters. The molecule has 0 radical (unpaired) electrons. The summed E-state index contributed by atoms with van der Waals surface area (Å²) in [4.78, 5) is 16.2. The Morgan fingerprint density at radius 3 is 2.76 bits per heavy atom. The van der Waals surface area contributed by atoms with Crippen LogP contribution >= 0.6 is 11.3 Å². The first kappa shape index (κ1) is 15.5. The van der Waals surface area contributed by atoms with E-state index in [1.165, 1.54) is 17.4 Å². The number of rotatable bonds is 5. The van der Waals surface area contributed by atoms with Gasteiger partial charge in [-0.25, -0.2) is 13.4 Å². The van der Waals surface area contributed by atoms with E-state index in [0.29, 0.717) is 16.4 Å². The fraction of sp³-hybridized carbons (Fsp3) is 0.231. The van der Waals surface area contributed by atoms with Gasteiger partial charge >= 0.3 is 0 Å². The van der Waals surface area contributed by atoms with E-state index in [1.54, 1.807) is 25.1 Å². The minimum atomic E-state index is -3.36. The van der Waals surface area contributed by atoms with E-state index in [9.17, 15) is 13.2 Å². The summed E-state index contributed by atoms with van der Waals surface area (Å²) in [5.74, 6) is -0.358. The summed E-state index contributed by atoms with van der Waals surface area (Å²) in [6.07, 6.45) is 0. The van der Waals surface area contributed by atoms with Crippen LogP contribution in [0, 0.1) is 6.92 Å². The van der Waals surface area contributed by atoms with Gasteiger partial charge in [-0.2, -0.15) is 0 Å². The summed E-state index contributed by atoms with van der Waals surface area (Å²) in [5, 5.41) is 5.02. The van der Waals surface area contributed by atoms with Crippen LogP contribution in [0.25, 0.3) is 0 Å². The molecule has 0 aliphatic carbocycles. The lowest BCUT2D eigenvalue weighted by Crippen LogP contribution is -2.16. The minimum absolute atomic E-state index is 0.0260. The van der Waals surface area contributed by atoms with Gasteiger partial charge in [-0.15, -0.1) is 11.3 Å².